The largest absolute Gasteiger partial charge is 0.352 e. The molecule has 0 spiro atoms. The van der Waals surface area contributed by atoms with E-state index in [4.69, 9.17) is 0 Å². The average molecular weight is 397 g/mol. The Morgan fingerprint density at radius 2 is 2.00 bits per heavy atom. The van der Waals surface area contributed by atoms with Crippen molar-refractivity contribution in [1.29, 1.82) is 0 Å². The van der Waals surface area contributed by atoms with E-state index in [0.29, 0.717) is 36.1 Å². The number of amides is 2. The van der Waals surface area contributed by atoms with Crippen molar-refractivity contribution in [2.75, 3.05) is 18.4 Å². The number of anilines is 1. The van der Waals surface area contributed by atoms with E-state index in [1.165, 1.54) is 37.1 Å². The maximum absolute atomic E-state index is 13.0. The van der Waals surface area contributed by atoms with Gasteiger partial charge < -0.3 is 16.0 Å². The second-order valence-electron chi connectivity index (χ2n) is 7.73. The van der Waals surface area contributed by atoms with Crippen molar-refractivity contribution in [3.8, 4) is 0 Å². The molecule has 0 bridgehead atoms. The van der Waals surface area contributed by atoms with E-state index in [9.17, 15) is 14.0 Å². The molecule has 2 aromatic carbocycles. The Kier molecular flexibility index (Phi) is 7.36. The van der Waals surface area contributed by atoms with Gasteiger partial charge in [-0.3, -0.25) is 9.59 Å². The van der Waals surface area contributed by atoms with Crippen LogP contribution in [0.3, 0.4) is 0 Å². The van der Waals surface area contributed by atoms with Crippen LogP contribution in [-0.4, -0.2) is 24.9 Å². The van der Waals surface area contributed by atoms with E-state index in [2.05, 4.69) is 22.9 Å². The topological polar surface area (TPSA) is 70.2 Å². The predicted octanol–water partition coefficient (Wildman–Crippen LogP) is 3.72. The molecule has 3 rings (SSSR count). The second kappa shape index (κ2) is 10.2. The fourth-order valence-corrected chi connectivity index (χ4v) is 3.66. The van der Waals surface area contributed by atoms with Gasteiger partial charge in [-0.15, -0.1) is 0 Å². The van der Waals surface area contributed by atoms with Gasteiger partial charge in [0, 0.05) is 24.2 Å². The van der Waals surface area contributed by atoms with Gasteiger partial charge in [-0.25, -0.2) is 4.39 Å². The summed E-state index contributed by atoms with van der Waals surface area (Å²) in [4.78, 5) is 24.6. The van der Waals surface area contributed by atoms with Crippen molar-refractivity contribution < 1.29 is 14.0 Å². The summed E-state index contributed by atoms with van der Waals surface area (Å²) in [5, 5.41) is 9.17. The lowest BCUT2D eigenvalue weighted by Gasteiger charge is -2.28. The minimum Gasteiger partial charge on any atom is -0.352 e. The molecule has 0 aliphatic carbocycles. The summed E-state index contributed by atoms with van der Waals surface area (Å²) in [5.74, 6) is 0.266. The normalized spacial score (nSPS) is 17.4. The van der Waals surface area contributed by atoms with Gasteiger partial charge in [0.15, 0.2) is 0 Å². The molecular weight excluding hydrogens is 369 g/mol. The van der Waals surface area contributed by atoms with Gasteiger partial charge in [0.05, 0.1) is 0 Å². The average Bonchev–Trinajstić information content (AvgIpc) is 2.73. The molecule has 2 atom stereocenters. The lowest BCUT2D eigenvalue weighted by atomic mass is 9.85. The summed E-state index contributed by atoms with van der Waals surface area (Å²) in [5.41, 5.74) is 1.92. The number of rotatable bonds is 7. The van der Waals surface area contributed by atoms with Gasteiger partial charge in [-0.1, -0.05) is 19.1 Å². The molecule has 1 heterocycles. The van der Waals surface area contributed by atoms with Crippen LogP contribution < -0.4 is 16.0 Å². The summed E-state index contributed by atoms with van der Waals surface area (Å²) in [6.45, 7) is 4.62. The Hall–Kier alpha value is -2.73. The first kappa shape index (κ1) is 21.0. The van der Waals surface area contributed by atoms with E-state index in [0.717, 1.165) is 18.7 Å². The van der Waals surface area contributed by atoms with Gasteiger partial charge in [-0.2, -0.15) is 0 Å². The van der Waals surface area contributed by atoms with E-state index in [-0.39, 0.29) is 17.6 Å². The van der Waals surface area contributed by atoms with Gasteiger partial charge in [0.2, 0.25) is 5.91 Å². The molecule has 2 unspecified atom stereocenters. The number of hydrogen-bond donors (Lipinski definition) is 3. The summed E-state index contributed by atoms with van der Waals surface area (Å²) < 4.78 is 13.0. The molecular formula is C23H28FN3O2. The molecule has 154 valence electrons. The third-order valence-electron chi connectivity index (χ3n) is 5.43. The van der Waals surface area contributed by atoms with Crippen molar-refractivity contribution in [1.82, 2.24) is 10.6 Å². The molecule has 2 aromatic rings. The predicted molar refractivity (Wildman–Crippen MR) is 112 cm³/mol. The maximum atomic E-state index is 13.0. The first-order valence-corrected chi connectivity index (χ1v) is 10.1. The Morgan fingerprint density at radius 3 is 2.72 bits per heavy atom. The highest BCUT2D eigenvalue weighted by atomic mass is 19.1. The van der Waals surface area contributed by atoms with Gasteiger partial charge in [0.25, 0.3) is 5.91 Å². The first-order chi connectivity index (χ1) is 14.0. The fraction of sp³-hybridized carbons (Fsp3) is 0.391. The second-order valence-corrected chi connectivity index (χ2v) is 7.73. The molecule has 0 aromatic heterocycles. The van der Waals surface area contributed by atoms with Crippen LogP contribution in [0.15, 0.2) is 48.5 Å². The summed E-state index contributed by atoms with van der Waals surface area (Å²) >= 11 is 0. The van der Waals surface area contributed by atoms with E-state index < -0.39 is 0 Å². The van der Waals surface area contributed by atoms with Crippen LogP contribution in [0.2, 0.25) is 0 Å². The third-order valence-corrected chi connectivity index (χ3v) is 5.43. The Labute approximate surface area is 171 Å². The van der Waals surface area contributed by atoms with Gasteiger partial charge in [-0.05, 0) is 79.7 Å². The highest BCUT2D eigenvalue weighted by Gasteiger charge is 2.21. The standard InChI is InChI=1S/C23H28FN3O2/c1-16(19-5-3-11-25-15-19)12-22(28)26-14-17-4-2-6-21(13-17)27-23(29)18-7-9-20(24)10-8-18/h2,4,6-10,13,16,19,25H,3,5,11-12,14-15H2,1H3,(H,26,28)(H,27,29). The number of halogens is 1. The number of piperidine rings is 1. The lowest BCUT2D eigenvalue weighted by molar-refractivity contribution is -0.122. The Morgan fingerprint density at radius 1 is 1.21 bits per heavy atom. The van der Waals surface area contributed by atoms with Crippen LogP contribution in [0.5, 0.6) is 0 Å². The quantitative estimate of drug-likeness (QED) is 0.667. The third kappa shape index (κ3) is 6.39. The van der Waals surface area contributed by atoms with Crippen LogP contribution >= 0.6 is 0 Å². The summed E-state index contributed by atoms with van der Waals surface area (Å²) in [6.07, 6.45) is 2.87. The van der Waals surface area contributed by atoms with Crippen molar-refractivity contribution in [3.63, 3.8) is 0 Å². The van der Waals surface area contributed by atoms with Gasteiger partial charge in [0.1, 0.15) is 5.82 Å². The molecule has 3 N–H and O–H groups in total. The number of hydrogen-bond acceptors (Lipinski definition) is 3. The zero-order valence-electron chi connectivity index (χ0n) is 16.7. The molecule has 5 nitrogen and oxygen atoms in total. The van der Waals surface area contributed by atoms with Gasteiger partial charge >= 0.3 is 0 Å². The van der Waals surface area contributed by atoms with Crippen LogP contribution in [0, 0.1) is 17.7 Å². The van der Waals surface area contributed by atoms with E-state index in [1.807, 2.05) is 18.2 Å². The SMILES string of the molecule is CC(CC(=O)NCc1cccc(NC(=O)c2ccc(F)cc2)c1)C1CCCNC1. The molecule has 29 heavy (non-hydrogen) atoms. The van der Waals surface area contributed by atoms with Crippen LogP contribution in [0.1, 0.15) is 42.1 Å². The lowest BCUT2D eigenvalue weighted by Crippen LogP contribution is -2.35. The Balaban J connectivity index is 1.49. The maximum Gasteiger partial charge on any atom is 0.255 e. The molecule has 1 aliphatic heterocycles. The summed E-state index contributed by atoms with van der Waals surface area (Å²) in [6, 6.07) is 12.7. The molecule has 1 fully saturated rings. The van der Waals surface area contributed by atoms with Crippen LogP contribution in [0.25, 0.3) is 0 Å². The Bertz CT molecular complexity index is 832. The van der Waals surface area contributed by atoms with E-state index >= 15 is 0 Å². The zero-order chi connectivity index (χ0) is 20.6. The summed E-state index contributed by atoms with van der Waals surface area (Å²) in [7, 11) is 0. The fourth-order valence-electron chi connectivity index (χ4n) is 3.66. The van der Waals surface area contributed by atoms with Crippen LogP contribution in [-0.2, 0) is 11.3 Å². The first-order valence-electron chi connectivity index (χ1n) is 10.1. The van der Waals surface area contributed by atoms with Crippen molar-refractivity contribution in [2.45, 2.75) is 32.7 Å². The smallest absolute Gasteiger partial charge is 0.255 e. The molecule has 0 saturated carbocycles. The van der Waals surface area contributed by atoms with Crippen molar-refractivity contribution in [3.05, 3.63) is 65.5 Å². The molecule has 1 aliphatic rings. The number of carbonyl (C=O) groups excluding carboxylic acids is 2. The molecule has 0 radical (unpaired) electrons. The van der Waals surface area contributed by atoms with Crippen LogP contribution in [0.4, 0.5) is 10.1 Å². The highest BCUT2D eigenvalue weighted by Crippen LogP contribution is 2.22. The van der Waals surface area contributed by atoms with Crippen molar-refractivity contribution >= 4 is 17.5 Å². The molecule has 1 saturated heterocycles. The zero-order valence-corrected chi connectivity index (χ0v) is 16.7. The molecule has 2 amide bonds. The number of carbonyl (C=O) groups is 2. The monoisotopic (exact) mass is 397 g/mol. The molecule has 6 heteroatoms. The number of benzene rings is 2. The van der Waals surface area contributed by atoms with E-state index in [1.54, 1.807) is 6.07 Å². The minimum absolute atomic E-state index is 0.0452. The highest BCUT2D eigenvalue weighted by molar-refractivity contribution is 6.04. The minimum atomic E-state index is -0.381. The number of nitrogens with one attached hydrogen (secondary N) is 3. The van der Waals surface area contributed by atoms with Crippen molar-refractivity contribution in [2.24, 2.45) is 11.8 Å².